The third-order valence-corrected chi connectivity index (χ3v) is 2.97. The lowest BCUT2D eigenvalue weighted by molar-refractivity contribution is 0.432. The Morgan fingerprint density at radius 2 is 2.21 bits per heavy atom. The summed E-state index contributed by atoms with van der Waals surface area (Å²) >= 11 is 0. The zero-order valence-electron chi connectivity index (χ0n) is 9.08. The van der Waals surface area contributed by atoms with E-state index < -0.39 is 0 Å². The van der Waals surface area contributed by atoms with E-state index in [1.807, 2.05) is 0 Å². The average Bonchev–Trinajstić information content (AvgIpc) is 2.61. The highest BCUT2D eigenvalue weighted by Crippen LogP contribution is 2.24. The zero-order valence-corrected chi connectivity index (χ0v) is 9.08. The van der Waals surface area contributed by atoms with Gasteiger partial charge in [-0.2, -0.15) is 0 Å². The fraction of sp³-hybridized carbons (Fsp3) is 0.727. The monoisotopic (exact) mass is 193 g/mol. The van der Waals surface area contributed by atoms with E-state index in [2.05, 4.69) is 34.9 Å². The van der Waals surface area contributed by atoms with Gasteiger partial charge in [-0.15, -0.1) is 0 Å². The number of hydrogen-bond acceptors (Lipinski definition) is 2. The summed E-state index contributed by atoms with van der Waals surface area (Å²) in [5.74, 6) is 1.97. The van der Waals surface area contributed by atoms with Crippen LogP contribution in [0.5, 0.6) is 0 Å². The lowest BCUT2D eigenvalue weighted by Crippen LogP contribution is -2.28. The predicted octanol–water partition coefficient (Wildman–Crippen LogP) is 1.68. The van der Waals surface area contributed by atoms with Crippen molar-refractivity contribution < 1.29 is 0 Å². The molecule has 14 heavy (non-hydrogen) atoms. The Morgan fingerprint density at radius 1 is 1.50 bits per heavy atom. The molecule has 1 N–H and O–H groups in total. The molecule has 3 heteroatoms. The van der Waals surface area contributed by atoms with Gasteiger partial charge in [0.1, 0.15) is 5.82 Å². The van der Waals surface area contributed by atoms with Crippen LogP contribution in [0.4, 0.5) is 0 Å². The van der Waals surface area contributed by atoms with Gasteiger partial charge in [0, 0.05) is 18.7 Å². The molecule has 0 aromatic carbocycles. The van der Waals surface area contributed by atoms with E-state index in [-0.39, 0.29) is 0 Å². The Morgan fingerprint density at radius 3 is 2.86 bits per heavy atom. The molecular formula is C11H19N3. The van der Waals surface area contributed by atoms with Crippen molar-refractivity contribution in [2.75, 3.05) is 13.1 Å². The number of rotatable bonds is 2. The first kappa shape index (κ1) is 9.71. The largest absolute Gasteiger partial charge is 0.335 e. The van der Waals surface area contributed by atoms with Crippen LogP contribution in [0.2, 0.25) is 0 Å². The first-order valence-corrected chi connectivity index (χ1v) is 5.55. The molecule has 2 rings (SSSR count). The van der Waals surface area contributed by atoms with Crippen molar-refractivity contribution in [3.8, 4) is 0 Å². The van der Waals surface area contributed by atoms with E-state index in [0.29, 0.717) is 5.92 Å². The number of hydrogen-bond donors (Lipinski definition) is 1. The van der Waals surface area contributed by atoms with Crippen LogP contribution in [0.25, 0.3) is 0 Å². The fourth-order valence-corrected chi connectivity index (χ4v) is 2.22. The van der Waals surface area contributed by atoms with Crippen molar-refractivity contribution in [3.63, 3.8) is 0 Å². The van der Waals surface area contributed by atoms with Crippen LogP contribution in [0, 0.1) is 6.92 Å². The lowest BCUT2D eigenvalue weighted by Gasteiger charge is -2.22. The first-order valence-electron chi connectivity index (χ1n) is 5.55. The van der Waals surface area contributed by atoms with Crippen LogP contribution in [0.1, 0.15) is 37.2 Å². The predicted molar refractivity (Wildman–Crippen MR) is 57.5 cm³/mol. The molecule has 3 nitrogen and oxygen atoms in total. The molecule has 0 unspecified atom stereocenters. The summed E-state index contributed by atoms with van der Waals surface area (Å²) in [6.45, 7) is 7.59. The topological polar surface area (TPSA) is 29.9 Å². The average molecular weight is 193 g/mol. The molecule has 1 saturated heterocycles. The molecule has 1 aliphatic heterocycles. The quantitative estimate of drug-likeness (QED) is 0.774. The van der Waals surface area contributed by atoms with Gasteiger partial charge in [0.05, 0.1) is 5.69 Å². The zero-order chi connectivity index (χ0) is 9.97. The van der Waals surface area contributed by atoms with Gasteiger partial charge in [0.2, 0.25) is 0 Å². The van der Waals surface area contributed by atoms with Gasteiger partial charge in [-0.05, 0) is 39.8 Å². The third-order valence-electron chi connectivity index (χ3n) is 2.97. The molecule has 1 aromatic rings. The van der Waals surface area contributed by atoms with Crippen LogP contribution in [-0.2, 0) is 6.54 Å². The highest BCUT2D eigenvalue weighted by atomic mass is 15.1. The maximum Gasteiger partial charge on any atom is 0.112 e. The highest BCUT2D eigenvalue weighted by molar-refractivity contribution is 5.08. The van der Waals surface area contributed by atoms with Crippen LogP contribution >= 0.6 is 0 Å². The normalized spacial score (nSPS) is 18.7. The van der Waals surface area contributed by atoms with Gasteiger partial charge >= 0.3 is 0 Å². The van der Waals surface area contributed by atoms with Crippen LogP contribution in [-0.4, -0.2) is 22.6 Å². The van der Waals surface area contributed by atoms with Crippen LogP contribution < -0.4 is 5.32 Å². The molecule has 0 radical (unpaired) electrons. The number of nitrogens with zero attached hydrogens (tertiary/aromatic N) is 2. The van der Waals surface area contributed by atoms with Crippen molar-refractivity contribution in [1.82, 2.24) is 14.9 Å². The van der Waals surface area contributed by atoms with Crippen molar-refractivity contribution >= 4 is 0 Å². The second-order valence-electron chi connectivity index (χ2n) is 4.05. The highest BCUT2D eigenvalue weighted by Gasteiger charge is 2.19. The molecular weight excluding hydrogens is 174 g/mol. The number of nitrogens with one attached hydrogen (secondary N) is 1. The number of imidazole rings is 1. The van der Waals surface area contributed by atoms with E-state index in [1.54, 1.807) is 0 Å². The molecule has 0 amide bonds. The van der Waals surface area contributed by atoms with E-state index >= 15 is 0 Å². The van der Waals surface area contributed by atoms with Crippen molar-refractivity contribution in [3.05, 3.63) is 17.7 Å². The van der Waals surface area contributed by atoms with E-state index in [1.165, 1.54) is 18.7 Å². The van der Waals surface area contributed by atoms with Crippen molar-refractivity contribution in [2.24, 2.45) is 0 Å². The van der Waals surface area contributed by atoms with Crippen molar-refractivity contribution in [2.45, 2.75) is 39.2 Å². The molecule has 1 aliphatic rings. The standard InChI is InChI=1S/C11H19N3/c1-3-14-8-9(2)13-11(14)10-4-6-12-7-5-10/h8,10,12H,3-7H2,1-2H3. The summed E-state index contributed by atoms with van der Waals surface area (Å²) in [5, 5.41) is 3.39. The molecule has 0 spiro atoms. The summed E-state index contributed by atoms with van der Waals surface area (Å²) in [5.41, 5.74) is 1.15. The summed E-state index contributed by atoms with van der Waals surface area (Å²) < 4.78 is 2.30. The smallest absolute Gasteiger partial charge is 0.112 e. The molecule has 0 bridgehead atoms. The molecule has 0 saturated carbocycles. The summed E-state index contributed by atoms with van der Waals surface area (Å²) in [6.07, 6.45) is 4.63. The molecule has 0 atom stereocenters. The van der Waals surface area contributed by atoms with E-state index in [4.69, 9.17) is 0 Å². The minimum atomic E-state index is 0.671. The number of piperidine rings is 1. The van der Waals surface area contributed by atoms with E-state index in [0.717, 1.165) is 25.3 Å². The Labute approximate surface area is 85.5 Å². The van der Waals surface area contributed by atoms with Gasteiger partial charge in [0.25, 0.3) is 0 Å². The Kier molecular flexibility index (Phi) is 2.87. The summed E-state index contributed by atoms with van der Waals surface area (Å²) in [7, 11) is 0. The Bertz CT molecular complexity index is 297. The van der Waals surface area contributed by atoms with Crippen molar-refractivity contribution in [1.29, 1.82) is 0 Å². The molecule has 2 heterocycles. The Balaban J connectivity index is 2.20. The van der Waals surface area contributed by atoms with Gasteiger partial charge in [-0.25, -0.2) is 4.98 Å². The SMILES string of the molecule is CCn1cc(C)nc1C1CCNCC1. The minimum absolute atomic E-state index is 0.671. The Hall–Kier alpha value is -0.830. The molecule has 1 fully saturated rings. The van der Waals surface area contributed by atoms with E-state index in [9.17, 15) is 0 Å². The maximum absolute atomic E-state index is 4.64. The molecule has 0 aliphatic carbocycles. The molecule has 1 aromatic heterocycles. The van der Waals surface area contributed by atoms with Gasteiger partial charge in [-0.1, -0.05) is 0 Å². The van der Waals surface area contributed by atoms with Crippen LogP contribution in [0.15, 0.2) is 6.20 Å². The first-order chi connectivity index (χ1) is 6.81. The number of aromatic nitrogens is 2. The van der Waals surface area contributed by atoms with Gasteiger partial charge in [0.15, 0.2) is 0 Å². The minimum Gasteiger partial charge on any atom is -0.335 e. The molecule has 78 valence electrons. The fourth-order valence-electron chi connectivity index (χ4n) is 2.22. The lowest BCUT2D eigenvalue weighted by atomic mass is 9.97. The second kappa shape index (κ2) is 4.13. The number of aryl methyl sites for hydroxylation is 2. The maximum atomic E-state index is 4.64. The van der Waals surface area contributed by atoms with Gasteiger partial charge in [-0.3, -0.25) is 0 Å². The summed E-state index contributed by atoms with van der Waals surface area (Å²) in [4.78, 5) is 4.64. The van der Waals surface area contributed by atoms with Crippen LogP contribution in [0.3, 0.4) is 0 Å². The second-order valence-corrected chi connectivity index (χ2v) is 4.05. The van der Waals surface area contributed by atoms with Gasteiger partial charge < -0.3 is 9.88 Å². The third kappa shape index (κ3) is 1.82. The summed E-state index contributed by atoms with van der Waals surface area (Å²) in [6, 6.07) is 0.